The second-order valence-electron chi connectivity index (χ2n) is 5.37. The van der Waals surface area contributed by atoms with E-state index in [4.69, 9.17) is 14.2 Å². The van der Waals surface area contributed by atoms with Gasteiger partial charge in [-0.3, -0.25) is 0 Å². The van der Waals surface area contributed by atoms with Crippen molar-refractivity contribution >= 4 is 15.9 Å². The molecule has 0 aromatic carbocycles. The van der Waals surface area contributed by atoms with Crippen LogP contribution in [0.1, 0.15) is 44.9 Å². The first-order chi connectivity index (χ1) is 8.81. The molecule has 0 bridgehead atoms. The highest BCUT2D eigenvalue weighted by Crippen LogP contribution is 2.35. The Morgan fingerprint density at radius 1 is 1.06 bits per heavy atom. The van der Waals surface area contributed by atoms with Gasteiger partial charge in [0.1, 0.15) is 0 Å². The first kappa shape index (κ1) is 14.8. The Balaban J connectivity index is 1.70. The molecule has 0 radical (unpaired) electrons. The maximum atomic E-state index is 6.23. The van der Waals surface area contributed by atoms with Gasteiger partial charge in [-0.1, -0.05) is 41.6 Å². The monoisotopic (exact) mass is 320 g/mol. The molecular weight excluding hydrogens is 296 g/mol. The zero-order valence-electron chi connectivity index (χ0n) is 11.3. The average Bonchev–Trinajstić information content (AvgIpc) is 2.63. The minimum Gasteiger partial charge on any atom is -0.382 e. The van der Waals surface area contributed by atoms with E-state index in [0.29, 0.717) is 24.1 Å². The second-order valence-corrected chi connectivity index (χ2v) is 6.54. The number of rotatable bonds is 6. The SMILES string of the molecule is COCCOC1C(Br)CC1OC1CCCCCC1. The lowest BCUT2D eigenvalue weighted by Gasteiger charge is -2.42. The van der Waals surface area contributed by atoms with E-state index in [2.05, 4.69) is 15.9 Å². The van der Waals surface area contributed by atoms with Crippen molar-refractivity contribution in [1.29, 1.82) is 0 Å². The van der Waals surface area contributed by atoms with Gasteiger partial charge in [0.2, 0.25) is 0 Å². The van der Waals surface area contributed by atoms with Gasteiger partial charge in [0.05, 0.1) is 31.5 Å². The third kappa shape index (κ3) is 4.19. The van der Waals surface area contributed by atoms with Crippen LogP contribution in [0, 0.1) is 0 Å². The van der Waals surface area contributed by atoms with Gasteiger partial charge in [0.25, 0.3) is 0 Å². The average molecular weight is 321 g/mol. The zero-order chi connectivity index (χ0) is 12.8. The van der Waals surface area contributed by atoms with E-state index in [-0.39, 0.29) is 12.2 Å². The summed E-state index contributed by atoms with van der Waals surface area (Å²) in [7, 11) is 1.70. The summed E-state index contributed by atoms with van der Waals surface area (Å²) in [5.41, 5.74) is 0. The van der Waals surface area contributed by atoms with Gasteiger partial charge in [-0.25, -0.2) is 0 Å². The molecule has 0 heterocycles. The van der Waals surface area contributed by atoms with Gasteiger partial charge < -0.3 is 14.2 Å². The third-order valence-electron chi connectivity index (χ3n) is 3.95. The molecule has 0 aliphatic heterocycles. The van der Waals surface area contributed by atoms with Crippen LogP contribution < -0.4 is 0 Å². The lowest BCUT2D eigenvalue weighted by Crippen LogP contribution is -2.52. The molecule has 0 aromatic rings. The number of halogens is 1. The molecule has 3 unspecified atom stereocenters. The van der Waals surface area contributed by atoms with Crippen LogP contribution in [0.15, 0.2) is 0 Å². The van der Waals surface area contributed by atoms with Crippen LogP contribution in [0.4, 0.5) is 0 Å². The van der Waals surface area contributed by atoms with E-state index >= 15 is 0 Å². The van der Waals surface area contributed by atoms with E-state index in [0.717, 1.165) is 6.42 Å². The van der Waals surface area contributed by atoms with E-state index in [1.54, 1.807) is 7.11 Å². The number of hydrogen-bond acceptors (Lipinski definition) is 3. The molecule has 3 atom stereocenters. The summed E-state index contributed by atoms with van der Waals surface area (Å²) in [4.78, 5) is 0.449. The van der Waals surface area contributed by atoms with Crippen LogP contribution in [0.25, 0.3) is 0 Å². The molecule has 2 aliphatic carbocycles. The maximum absolute atomic E-state index is 6.23. The minimum atomic E-state index is 0.211. The van der Waals surface area contributed by atoms with Crippen molar-refractivity contribution in [1.82, 2.24) is 0 Å². The van der Waals surface area contributed by atoms with Crippen LogP contribution in [0.2, 0.25) is 0 Å². The van der Waals surface area contributed by atoms with E-state index < -0.39 is 0 Å². The lowest BCUT2D eigenvalue weighted by molar-refractivity contribution is -0.151. The largest absolute Gasteiger partial charge is 0.382 e. The van der Waals surface area contributed by atoms with Gasteiger partial charge in [-0.15, -0.1) is 0 Å². The summed E-state index contributed by atoms with van der Waals surface area (Å²) in [5.74, 6) is 0. The topological polar surface area (TPSA) is 27.7 Å². The van der Waals surface area contributed by atoms with E-state index in [1.165, 1.54) is 38.5 Å². The van der Waals surface area contributed by atoms with Gasteiger partial charge in [-0.2, -0.15) is 0 Å². The molecule has 0 N–H and O–H groups in total. The van der Waals surface area contributed by atoms with Crippen LogP contribution in [-0.2, 0) is 14.2 Å². The Hall–Kier alpha value is 0.360. The van der Waals surface area contributed by atoms with Crippen LogP contribution in [-0.4, -0.2) is 43.5 Å². The number of alkyl halides is 1. The quantitative estimate of drug-likeness (QED) is 0.427. The highest BCUT2D eigenvalue weighted by atomic mass is 79.9. The van der Waals surface area contributed by atoms with Crippen LogP contribution >= 0.6 is 15.9 Å². The Kier molecular flexibility index (Phi) is 6.42. The van der Waals surface area contributed by atoms with E-state index in [1.807, 2.05) is 0 Å². The molecule has 0 spiro atoms. The molecular formula is C14H25BrO3. The van der Waals surface area contributed by atoms with Crippen molar-refractivity contribution < 1.29 is 14.2 Å². The normalized spacial score (nSPS) is 34.0. The summed E-state index contributed by atoms with van der Waals surface area (Å²) in [6.45, 7) is 1.32. The van der Waals surface area contributed by atoms with Crippen molar-refractivity contribution in [2.24, 2.45) is 0 Å². The molecule has 3 nitrogen and oxygen atoms in total. The Labute approximate surface area is 119 Å². The highest BCUT2D eigenvalue weighted by molar-refractivity contribution is 9.09. The summed E-state index contributed by atoms with van der Waals surface area (Å²) >= 11 is 3.65. The molecule has 2 fully saturated rings. The first-order valence-corrected chi connectivity index (χ1v) is 8.13. The molecule has 0 saturated heterocycles. The summed E-state index contributed by atoms with van der Waals surface area (Å²) in [5, 5.41) is 0. The number of methoxy groups -OCH3 is 1. The molecule has 2 saturated carbocycles. The standard InChI is InChI=1S/C14H25BrO3/c1-16-8-9-17-14-12(15)10-13(14)18-11-6-4-2-3-5-7-11/h11-14H,2-10H2,1H3. The fourth-order valence-corrected chi connectivity index (χ4v) is 3.63. The number of hydrogen-bond donors (Lipinski definition) is 0. The third-order valence-corrected chi connectivity index (χ3v) is 4.84. The van der Waals surface area contributed by atoms with Gasteiger partial charge in [-0.05, 0) is 19.3 Å². The zero-order valence-corrected chi connectivity index (χ0v) is 12.9. The van der Waals surface area contributed by atoms with Gasteiger partial charge >= 0.3 is 0 Å². The fourth-order valence-electron chi connectivity index (χ4n) is 2.76. The molecule has 2 rings (SSSR count). The van der Waals surface area contributed by atoms with Crippen molar-refractivity contribution in [3.05, 3.63) is 0 Å². The highest BCUT2D eigenvalue weighted by Gasteiger charge is 2.42. The van der Waals surface area contributed by atoms with Crippen molar-refractivity contribution in [3.8, 4) is 0 Å². The van der Waals surface area contributed by atoms with Crippen LogP contribution in [0.3, 0.4) is 0 Å². The smallest absolute Gasteiger partial charge is 0.0963 e. The molecule has 18 heavy (non-hydrogen) atoms. The predicted octanol–water partition coefficient (Wildman–Crippen LogP) is 3.29. The molecule has 0 aromatic heterocycles. The maximum Gasteiger partial charge on any atom is 0.0963 e. The van der Waals surface area contributed by atoms with Gasteiger partial charge in [0.15, 0.2) is 0 Å². The minimum absolute atomic E-state index is 0.211. The van der Waals surface area contributed by atoms with Gasteiger partial charge in [0, 0.05) is 11.9 Å². The molecule has 2 aliphatic rings. The summed E-state index contributed by atoms with van der Waals surface area (Å²) in [6.07, 6.45) is 9.90. The second kappa shape index (κ2) is 7.83. The number of ether oxygens (including phenoxy) is 3. The lowest BCUT2D eigenvalue weighted by atomic mass is 9.91. The Morgan fingerprint density at radius 3 is 2.39 bits per heavy atom. The Morgan fingerprint density at radius 2 is 1.78 bits per heavy atom. The fraction of sp³-hybridized carbons (Fsp3) is 1.00. The predicted molar refractivity (Wildman–Crippen MR) is 75.3 cm³/mol. The molecule has 106 valence electrons. The molecule has 0 amide bonds. The Bertz CT molecular complexity index is 229. The van der Waals surface area contributed by atoms with Crippen molar-refractivity contribution in [3.63, 3.8) is 0 Å². The van der Waals surface area contributed by atoms with Crippen LogP contribution in [0.5, 0.6) is 0 Å². The summed E-state index contributed by atoms with van der Waals surface area (Å²) < 4.78 is 17.1. The van der Waals surface area contributed by atoms with Crippen molar-refractivity contribution in [2.75, 3.05) is 20.3 Å². The summed E-state index contributed by atoms with van der Waals surface area (Å²) in [6, 6.07) is 0. The molecule has 4 heteroatoms. The first-order valence-electron chi connectivity index (χ1n) is 7.21. The van der Waals surface area contributed by atoms with E-state index in [9.17, 15) is 0 Å². The van der Waals surface area contributed by atoms with Crippen molar-refractivity contribution in [2.45, 2.75) is 68.1 Å².